The van der Waals surface area contributed by atoms with Crippen molar-refractivity contribution < 1.29 is 26.4 Å². The first kappa shape index (κ1) is 23.3. The normalized spacial score (nSPS) is 20.9. The van der Waals surface area contributed by atoms with Crippen LogP contribution in [0.1, 0.15) is 17.7 Å². The van der Waals surface area contributed by atoms with Crippen molar-refractivity contribution in [1.29, 1.82) is 0 Å². The standard InChI is InChI=1S/C20H25N3O6S3/c24-20(18-7-4-10-23(18)31(25,26)17-5-2-1-3-6-17)21-15-16-8-9-19(30-16)32(27,28)22-11-13-29-14-12-22/h1-3,5-6,8-9,18H,4,7,10-15H2,(H,21,24)/t18-/m0/s1. The van der Waals surface area contributed by atoms with Crippen LogP contribution in [0.2, 0.25) is 0 Å². The molecule has 4 rings (SSSR count). The number of carbonyl (C=O) groups is 1. The maximum Gasteiger partial charge on any atom is 0.252 e. The summed E-state index contributed by atoms with van der Waals surface area (Å²) in [6, 6.07) is 10.5. The molecule has 1 amide bonds. The maximum atomic E-state index is 13.0. The molecule has 2 aromatic rings. The molecule has 0 saturated carbocycles. The zero-order valence-electron chi connectivity index (χ0n) is 17.3. The Morgan fingerprint density at radius 3 is 2.44 bits per heavy atom. The van der Waals surface area contributed by atoms with Crippen LogP contribution in [0.25, 0.3) is 0 Å². The maximum absolute atomic E-state index is 13.0. The third-order valence-electron chi connectivity index (χ3n) is 5.49. The smallest absolute Gasteiger partial charge is 0.252 e. The van der Waals surface area contributed by atoms with Gasteiger partial charge in [0.1, 0.15) is 10.3 Å². The number of nitrogens with one attached hydrogen (secondary N) is 1. The van der Waals surface area contributed by atoms with Gasteiger partial charge in [0.25, 0.3) is 10.0 Å². The molecule has 0 unspecified atom stereocenters. The summed E-state index contributed by atoms with van der Waals surface area (Å²) in [6.45, 7) is 1.81. The van der Waals surface area contributed by atoms with Crippen molar-refractivity contribution in [3.8, 4) is 0 Å². The van der Waals surface area contributed by atoms with E-state index < -0.39 is 26.1 Å². The third kappa shape index (κ3) is 4.75. The molecule has 32 heavy (non-hydrogen) atoms. The lowest BCUT2D eigenvalue weighted by Gasteiger charge is -2.25. The molecular formula is C20H25N3O6S3. The first-order valence-corrected chi connectivity index (χ1v) is 14.0. The van der Waals surface area contributed by atoms with Gasteiger partial charge in [-0.3, -0.25) is 4.79 Å². The average molecular weight is 500 g/mol. The molecular weight excluding hydrogens is 474 g/mol. The lowest BCUT2D eigenvalue weighted by Crippen LogP contribution is -2.45. The van der Waals surface area contributed by atoms with E-state index in [0.717, 1.165) is 11.3 Å². The highest BCUT2D eigenvalue weighted by Crippen LogP contribution is 2.28. The Morgan fingerprint density at radius 1 is 1.00 bits per heavy atom. The second-order valence-corrected chi connectivity index (χ2v) is 12.8. The van der Waals surface area contributed by atoms with Gasteiger partial charge in [0, 0.05) is 24.5 Å². The lowest BCUT2D eigenvalue weighted by atomic mass is 10.2. The molecule has 174 valence electrons. The van der Waals surface area contributed by atoms with Crippen molar-refractivity contribution in [3.63, 3.8) is 0 Å². The third-order valence-corrected chi connectivity index (χ3v) is 10.9. The summed E-state index contributed by atoms with van der Waals surface area (Å²) < 4.78 is 59.5. The number of rotatable bonds is 7. The minimum atomic E-state index is -3.76. The van der Waals surface area contributed by atoms with Crippen molar-refractivity contribution in [3.05, 3.63) is 47.3 Å². The van der Waals surface area contributed by atoms with E-state index in [1.165, 1.54) is 20.7 Å². The van der Waals surface area contributed by atoms with Crippen LogP contribution in [0.4, 0.5) is 0 Å². The van der Waals surface area contributed by atoms with Crippen LogP contribution in [-0.4, -0.2) is 70.2 Å². The number of carbonyl (C=O) groups excluding carboxylic acids is 1. The van der Waals surface area contributed by atoms with Gasteiger partial charge in [-0.25, -0.2) is 16.8 Å². The first-order valence-electron chi connectivity index (χ1n) is 10.3. The van der Waals surface area contributed by atoms with E-state index in [4.69, 9.17) is 4.74 Å². The summed E-state index contributed by atoms with van der Waals surface area (Å²) in [7, 11) is -7.35. The second-order valence-electron chi connectivity index (χ2n) is 7.54. The lowest BCUT2D eigenvalue weighted by molar-refractivity contribution is -0.124. The predicted molar refractivity (Wildman–Crippen MR) is 119 cm³/mol. The molecule has 1 aromatic carbocycles. The summed E-state index contributed by atoms with van der Waals surface area (Å²) in [5.74, 6) is -0.381. The SMILES string of the molecule is O=C(NCc1ccc(S(=O)(=O)N2CCOCC2)s1)[C@@H]1CCCN1S(=O)(=O)c1ccccc1. The zero-order valence-corrected chi connectivity index (χ0v) is 19.8. The molecule has 1 aromatic heterocycles. The molecule has 2 aliphatic rings. The van der Waals surface area contributed by atoms with Gasteiger partial charge in [-0.05, 0) is 37.1 Å². The molecule has 1 atom stereocenters. The largest absolute Gasteiger partial charge is 0.379 e. The highest BCUT2D eigenvalue weighted by Gasteiger charge is 2.39. The molecule has 2 fully saturated rings. The number of ether oxygens (including phenoxy) is 1. The van der Waals surface area contributed by atoms with E-state index in [1.807, 2.05) is 0 Å². The van der Waals surface area contributed by atoms with Crippen LogP contribution in [0, 0.1) is 0 Å². The van der Waals surface area contributed by atoms with Crippen LogP contribution in [0.15, 0.2) is 51.6 Å². The van der Waals surface area contributed by atoms with E-state index in [2.05, 4.69) is 5.32 Å². The number of hydrogen-bond donors (Lipinski definition) is 1. The van der Waals surface area contributed by atoms with E-state index >= 15 is 0 Å². The summed E-state index contributed by atoms with van der Waals surface area (Å²) >= 11 is 1.10. The highest BCUT2D eigenvalue weighted by molar-refractivity contribution is 7.91. The van der Waals surface area contributed by atoms with Crippen molar-refractivity contribution in [2.75, 3.05) is 32.8 Å². The quantitative estimate of drug-likeness (QED) is 0.613. The van der Waals surface area contributed by atoms with Gasteiger partial charge in [0.15, 0.2) is 0 Å². The van der Waals surface area contributed by atoms with Crippen molar-refractivity contribution in [1.82, 2.24) is 13.9 Å². The minimum absolute atomic E-state index is 0.137. The molecule has 3 heterocycles. The number of thiophene rings is 1. The summed E-state index contributed by atoms with van der Waals surface area (Å²) in [4.78, 5) is 13.6. The van der Waals surface area contributed by atoms with Crippen molar-refractivity contribution in [2.24, 2.45) is 0 Å². The Hall–Kier alpha value is -1.83. The molecule has 2 saturated heterocycles. The fourth-order valence-corrected chi connectivity index (χ4v) is 8.35. The fourth-order valence-electron chi connectivity index (χ4n) is 3.82. The fraction of sp³-hybridized carbons (Fsp3) is 0.450. The molecule has 1 N–H and O–H groups in total. The number of sulfonamides is 2. The second kappa shape index (κ2) is 9.57. The molecule has 0 aliphatic carbocycles. The van der Waals surface area contributed by atoms with Crippen LogP contribution >= 0.6 is 11.3 Å². The van der Waals surface area contributed by atoms with Gasteiger partial charge in [0.05, 0.1) is 24.7 Å². The van der Waals surface area contributed by atoms with Crippen molar-refractivity contribution in [2.45, 2.75) is 34.5 Å². The van der Waals surface area contributed by atoms with Gasteiger partial charge in [0.2, 0.25) is 15.9 Å². The molecule has 0 bridgehead atoms. The Labute approximate surface area is 192 Å². The summed E-state index contributed by atoms with van der Waals surface area (Å²) in [5.41, 5.74) is 0. The first-order chi connectivity index (χ1) is 15.3. The molecule has 0 spiro atoms. The van der Waals surface area contributed by atoms with E-state index in [1.54, 1.807) is 30.3 Å². The Balaban J connectivity index is 1.41. The topological polar surface area (TPSA) is 113 Å². The van der Waals surface area contributed by atoms with Crippen LogP contribution in [0.5, 0.6) is 0 Å². The Kier molecular flexibility index (Phi) is 6.98. The number of benzene rings is 1. The zero-order chi connectivity index (χ0) is 22.8. The van der Waals surface area contributed by atoms with Crippen LogP contribution in [0.3, 0.4) is 0 Å². The number of nitrogens with zero attached hydrogens (tertiary/aromatic N) is 2. The summed E-state index contributed by atoms with van der Waals surface area (Å²) in [5, 5.41) is 2.78. The van der Waals surface area contributed by atoms with Gasteiger partial charge in [-0.15, -0.1) is 11.3 Å². The number of hydrogen-bond acceptors (Lipinski definition) is 7. The number of amides is 1. The van der Waals surface area contributed by atoms with Gasteiger partial charge >= 0.3 is 0 Å². The molecule has 12 heteroatoms. The molecule has 9 nitrogen and oxygen atoms in total. The van der Waals surface area contributed by atoms with Crippen LogP contribution in [-0.2, 0) is 36.1 Å². The van der Waals surface area contributed by atoms with Gasteiger partial charge in [-0.2, -0.15) is 8.61 Å². The molecule has 2 aliphatic heterocycles. The van der Waals surface area contributed by atoms with Crippen LogP contribution < -0.4 is 5.32 Å². The Morgan fingerprint density at radius 2 is 1.72 bits per heavy atom. The average Bonchev–Trinajstić information content (AvgIpc) is 3.49. The number of morpholine rings is 1. The van der Waals surface area contributed by atoms with E-state index in [-0.39, 0.29) is 28.1 Å². The van der Waals surface area contributed by atoms with E-state index in [0.29, 0.717) is 44.0 Å². The Bertz CT molecular complexity index is 1160. The van der Waals surface area contributed by atoms with E-state index in [9.17, 15) is 21.6 Å². The monoisotopic (exact) mass is 499 g/mol. The predicted octanol–water partition coefficient (Wildman–Crippen LogP) is 1.24. The van der Waals surface area contributed by atoms with Crippen molar-refractivity contribution >= 4 is 37.3 Å². The molecule has 0 radical (unpaired) electrons. The minimum Gasteiger partial charge on any atom is -0.379 e. The van der Waals surface area contributed by atoms with Gasteiger partial charge in [-0.1, -0.05) is 18.2 Å². The van der Waals surface area contributed by atoms with Gasteiger partial charge < -0.3 is 10.1 Å². The highest BCUT2D eigenvalue weighted by atomic mass is 32.2. The summed E-state index contributed by atoms with van der Waals surface area (Å²) in [6.07, 6.45) is 1.05.